The third-order valence-electron chi connectivity index (χ3n) is 4.26. The fraction of sp³-hybridized carbons (Fsp3) is 0.556. The Labute approximate surface area is 142 Å². The van der Waals surface area contributed by atoms with E-state index in [-0.39, 0.29) is 18.4 Å². The van der Waals surface area contributed by atoms with Crippen molar-refractivity contribution < 1.29 is 19.4 Å². The van der Waals surface area contributed by atoms with Crippen LogP contribution in [0.5, 0.6) is 0 Å². The minimum Gasteiger partial charge on any atom is -0.445 e. The first-order chi connectivity index (χ1) is 11.5. The molecular weight excluding hydrogens is 308 g/mol. The van der Waals surface area contributed by atoms with Gasteiger partial charge in [-0.15, -0.1) is 0 Å². The Morgan fingerprint density at radius 1 is 1.33 bits per heavy atom. The lowest BCUT2D eigenvalue weighted by Crippen LogP contribution is -2.48. The number of β-amino-alcohol motifs (C(OH)–C–C–N with tert-alkyl or cyclic N) is 1. The molecule has 1 aliphatic rings. The number of ether oxygens (including phenoxy) is 1. The maximum atomic E-state index is 12.6. The number of nitrogens with zero attached hydrogens (tertiary/aromatic N) is 1. The molecule has 2 amide bonds. The number of hydrogen-bond donors (Lipinski definition) is 2. The van der Waals surface area contributed by atoms with E-state index in [1.807, 2.05) is 44.2 Å². The van der Waals surface area contributed by atoms with E-state index in [4.69, 9.17) is 4.74 Å². The summed E-state index contributed by atoms with van der Waals surface area (Å²) in [4.78, 5) is 26.2. The number of rotatable bonds is 6. The number of hydrogen-bond acceptors (Lipinski definition) is 4. The lowest BCUT2D eigenvalue weighted by atomic mass is 10.1. The molecule has 0 aromatic heterocycles. The third-order valence-corrected chi connectivity index (χ3v) is 4.26. The Morgan fingerprint density at radius 3 is 2.62 bits per heavy atom. The molecule has 1 aromatic carbocycles. The summed E-state index contributed by atoms with van der Waals surface area (Å²) < 4.78 is 5.19. The summed E-state index contributed by atoms with van der Waals surface area (Å²) in [5.41, 5.74) is 0.891. The lowest BCUT2D eigenvalue weighted by Gasteiger charge is -2.23. The maximum absolute atomic E-state index is 12.6. The molecule has 24 heavy (non-hydrogen) atoms. The van der Waals surface area contributed by atoms with Gasteiger partial charge in [0.05, 0.1) is 6.10 Å². The smallest absolute Gasteiger partial charge is 0.408 e. The van der Waals surface area contributed by atoms with Crippen molar-refractivity contribution in [2.24, 2.45) is 5.92 Å². The van der Waals surface area contributed by atoms with E-state index in [0.29, 0.717) is 19.5 Å². The highest BCUT2D eigenvalue weighted by Crippen LogP contribution is 2.18. The lowest BCUT2D eigenvalue weighted by molar-refractivity contribution is -0.132. The van der Waals surface area contributed by atoms with Crippen LogP contribution < -0.4 is 5.32 Å². The number of amides is 2. The van der Waals surface area contributed by atoms with Gasteiger partial charge in [0.25, 0.3) is 0 Å². The molecule has 2 N–H and O–H groups in total. The second-order valence-electron chi connectivity index (χ2n) is 6.34. The normalized spacial score (nSPS) is 21.4. The van der Waals surface area contributed by atoms with Crippen molar-refractivity contribution in [3.63, 3.8) is 0 Å². The molecule has 0 bridgehead atoms. The van der Waals surface area contributed by atoms with E-state index in [9.17, 15) is 14.7 Å². The zero-order valence-electron chi connectivity index (χ0n) is 14.3. The summed E-state index contributed by atoms with van der Waals surface area (Å²) in [6.07, 6.45) is 0.210. The average Bonchev–Trinajstić information content (AvgIpc) is 2.92. The number of likely N-dealkylation sites (tertiary alicyclic amines) is 1. The monoisotopic (exact) mass is 334 g/mol. The van der Waals surface area contributed by atoms with Gasteiger partial charge in [-0.25, -0.2) is 4.79 Å². The zero-order chi connectivity index (χ0) is 17.5. The van der Waals surface area contributed by atoms with Crippen LogP contribution in [0, 0.1) is 5.92 Å². The fourth-order valence-electron chi connectivity index (χ4n) is 2.80. The minimum atomic E-state index is -0.615. The molecular formula is C18H26N2O4. The Kier molecular flexibility index (Phi) is 6.61. The van der Waals surface area contributed by atoms with Gasteiger partial charge in [0.2, 0.25) is 5.91 Å². The van der Waals surface area contributed by atoms with Crippen molar-refractivity contribution in [2.45, 2.75) is 45.4 Å². The van der Waals surface area contributed by atoms with Gasteiger partial charge in [-0.3, -0.25) is 4.79 Å². The minimum absolute atomic E-state index is 0.0567. The van der Waals surface area contributed by atoms with Crippen molar-refractivity contribution in [3.8, 4) is 0 Å². The van der Waals surface area contributed by atoms with Crippen LogP contribution in [0.1, 0.15) is 32.3 Å². The van der Waals surface area contributed by atoms with Crippen LogP contribution in [0.4, 0.5) is 4.79 Å². The quantitative estimate of drug-likeness (QED) is 0.833. The predicted molar refractivity (Wildman–Crippen MR) is 90.2 cm³/mol. The van der Waals surface area contributed by atoms with Gasteiger partial charge >= 0.3 is 6.09 Å². The summed E-state index contributed by atoms with van der Waals surface area (Å²) >= 11 is 0. The molecule has 1 aliphatic heterocycles. The van der Waals surface area contributed by atoms with Gasteiger partial charge in [-0.05, 0) is 12.0 Å². The molecule has 3 atom stereocenters. The number of aliphatic hydroxyl groups excluding tert-OH is 1. The fourth-order valence-corrected chi connectivity index (χ4v) is 2.80. The summed E-state index contributed by atoms with van der Waals surface area (Å²) in [7, 11) is 0. The largest absolute Gasteiger partial charge is 0.445 e. The van der Waals surface area contributed by atoms with Crippen molar-refractivity contribution in [1.82, 2.24) is 10.2 Å². The van der Waals surface area contributed by atoms with Crippen molar-refractivity contribution in [1.29, 1.82) is 0 Å². The average molecular weight is 334 g/mol. The number of benzene rings is 1. The molecule has 0 saturated carbocycles. The molecule has 1 saturated heterocycles. The van der Waals surface area contributed by atoms with Gasteiger partial charge in [-0.1, -0.05) is 50.6 Å². The first-order valence-electron chi connectivity index (χ1n) is 8.45. The summed E-state index contributed by atoms with van der Waals surface area (Å²) in [5.74, 6) is -0.0989. The molecule has 0 aliphatic carbocycles. The van der Waals surface area contributed by atoms with Crippen molar-refractivity contribution >= 4 is 12.0 Å². The first kappa shape index (κ1) is 18.3. The van der Waals surface area contributed by atoms with E-state index in [1.165, 1.54) is 0 Å². The molecule has 0 spiro atoms. The Bertz CT molecular complexity index is 539. The standard InChI is InChI=1S/C18H26N2O4/c1-3-7-15(17(22)20-10-13(2)16(21)11-20)19-18(23)24-12-14-8-5-4-6-9-14/h4-6,8-9,13,15-16,21H,3,7,10-12H2,1-2H3,(H,19,23)/t13?,15-,16?/m0/s1. The van der Waals surface area contributed by atoms with Crippen LogP contribution in [-0.4, -0.2) is 47.2 Å². The Morgan fingerprint density at radius 2 is 2.04 bits per heavy atom. The summed E-state index contributed by atoms with van der Waals surface area (Å²) in [6, 6.07) is 8.77. The van der Waals surface area contributed by atoms with E-state index in [2.05, 4.69) is 5.32 Å². The molecule has 2 unspecified atom stereocenters. The highest BCUT2D eigenvalue weighted by atomic mass is 16.5. The molecule has 1 heterocycles. The number of nitrogens with one attached hydrogen (secondary N) is 1. The highest BCUT2D eigenvalue weighted by molar-refractivity contribution is 5.86. The Balaban J connectivity index is 1.87. The molecule has 1 fully saturated rings. The van der Waals surface area contributed by atoms with Crippen LogP contribution in [0.25, 0.3) is 0 Å². The molecule has 6 nitrogen and oxygen atoms in total. The third kappa shape index (κ3) is 4.96. The highest BCUT2D eigenvalue weighted by Gasteiger charge is 2.34. The molecule has 0 radical (unpaired) electrons. The first-order valence-corrected chi connectivity index (χ1v) is 8.45. The predicted octanol–water partition coefficient (Wildman–Crippen LogP) is 1.92. The number of carbonyl (C=O) groups excluding carboxylic acids is 2. The maximum Gasteiger partial charge on any atom is 0.408 e. The van der Waals surface area contributed by atoms with Gasteiger partial charge in [0.15, 0.2) is 0 Å². The second-order valence-corrected chi connectivity index (χ2v) is 6.34. The van der Waals surface area contributed by atoms with Gasteiger partial charge < -0.3 is 20.1 Å². The Hall–Kier alpha value is -2.08. The summed E-state index contributed by atoms with van der Waals surface area (Å²) in [6.45, 7) is 4.87. The number of aliphatic hydroxyl groups is 1. The molecule has 6 heteroatoms. The summed E-state index contributed by atoms with van der Waals surface area (Å²) in [5, 5.41) is 12.5. The molecule has 132 valence electrons. The van der Waals surface area contributed by atoms with E-state index >= 15 is 0 Å². The van der Waals surface area contributed by atoms with Crippen molar-refractivity contribution in [2.75, 3.05) is 13.1 Å². The van der Waals surface area contributed by atoms with Crippen molar-refractivity contribution in [3.05, 3.63) is 35.9 Å². The number of alkyl carbamates (subject to hydrolysis) is 1. The van der Waals surface area contributed by atoms with Crippen LogP contribution in [-0.2, 0) is 16.1 Å². The van der Waals surface area contributed by atoms with Crippen LogP contribution in [0.3, 0.4) is 0 Å². The van der Waals surface area contributed by atoms with Crippen LogP contribution in [0.2, 0.25) is 0 Å². The van der Waals surface area contributed by atoms with Gasteiger partial charge in [0, 0.05) is 19.0 Å². The van der Waals surface area contributed by atoms with E-state index in [1.54, 1.807) is 4.90 Å². The van der Waals surface area contributed by atoms with E-state index in [0.717, 1.165) is 12.0 Å². The molecule has 2 rings (SSSR count). The molecule has 1 aromatic rings. The SMILES string of the molecule is CCC[C@H](NC(=O)OCc1ccccc1)C(=O)N1CC(C)C(O)C1. The topological polar surface area (TPSA) is 78.9 Å². The number of carbonyl (C=O) groups is 2. The zero-order valence-corrected chi connectivity index (χ0v) is 14.3. The van der Waals surface area contributed by atoms with Gasteiger partial charge in [0.1, 0.15) is 12.6 Å². The van der Waals surface area contributed by atoms with E-state index < -0.39 is 18.2 Å². The van der Waals surface area contributed by atoms with Gasteiger partial charge in [-0.2, -0.15) is 0 Å². The second kappa shape index (κ2) is 8.68. The van der Waals surface area contributed by atoms with Crippen LogP contribution >= 0.6 is 0 Å². The van der Waals surface area contributed by atoms with Crippen LogP contribution in [0.15, 0.2) is 30.3 Å².